The van der Waals surface area contributed by atoms with Crippen molar-refractivity contribution in [1.82, 2.24) is 9.78 Å². The number of hydrogen-bond acceptors (Lipinski definition) is 4. The maximum Gasteiger partial charge on any atom is 0.435 e. The van der Waals surface area contributed by atoms with Crippen molar-refractivity contribution in [3.8, 4) is 22.0 Å². The third-order valence-corrected chi connectivity index (χ3v) is 5.92. The van der Waals surface area contributed by atoms with Crippen molar-refractivity contribution in [2.45, 2.75) is 25.9 Å². The molecule has 0 aliphatic carbocycles. The van der Waals surface area contributed by atoms with Crippen molar-refractivity contribution < 1.29 is 22.7 Å². The molecule has 4 rings (SSSR count). The first kappa shape index (κ1) is 23.6. The summed E-state index contributed by atoms with van der Waals surface area (Å²) >= 11 is 1.32. The predicted octanol–water partition coefficient (Wildman–Crippen LogP) is 7.05. The summed E-state index contributed by atoms with van der Waals surface area (Å²) in [5.74, 6) is 0.399. The Morgan fingerprint density at radius 1 is 1.09 bits per heavy atom. The number of carbonyl (C=O) groups excluding carboxylic acids is 1. The normalized spacial score (nSPS) is 11.4. The number of nitrogens with one attached hydrogen (secondary N) is 1. The van der Waals surface area contributed by atoms with Gasteiger partial charge in [0.25, 0.3) is 5.91 Å². The zero-order valence-electron chi connectivity index (χ0n) is 18.3. The van der Waals surface area contributed by atoms with E-state index in [0.29, 0.717) is 34.1 Å². The summed E-state index contributed by atoms with van der Waals surface area (Å²) in [5.41, 5.74) is 0.760. The zero-order chi connectivity index (χ0) is 24.1. The summed E-state index contributed by atoms with van der Waals surface area (Å²) in [4.78, 5) is 13.3. The maximum atomic E-state index is 13.3. The minimum Gasteiger partial charge on any atom is -0.494 e. The summed E-state index contributed by atoms with van der Waals surface area (Å²) in [6.45, 7) is 2.73. The Bertz CT molecular complexity index is 1230. The summed E-state index contributed by atoms with van der Waals surface area (Å²) in [6, 6.07) is 17.9. The van der Waals surface area contributed by atoms with E-state index in [4.69, 9.17) is 4.74 Å². The molecule has 0 aliphatic rings. The van der Waals surface area contributed by atoms with Crippen molar-refractivity contribution in [3.63, 3.8) is 0 Å². The van der Waals surface area contributed by atoms with E-state index < -0.39 is 11.9 Å². The number of halogens is 3. The fraction of sp³-hybridized carbons (Fsp3) is 0.200. The minimum absolute atomic E-state index is 0.332. The summed E-state index contributed by atoms with van der Waals surface area (Å²) in [5, 5.41) is 8.37. The van der Waals surface area contributed by atoms with Gasteiger partial charge >= 0.3 is 6.18 Å². The quantitative estimate of drug-likeness (QED) is 0.272. The largest absolute Gasteiger partial charge is 0.494 e. The molecule has 2 aromatic heterocycles. The molecule has 1 amide bonds. The highest BCUT2D eigenvalue weighted by molar-refractivity contribution is 7.13. The number of unbranched alkanes of at least 4 members (excludes halogenated alkanes) is 1. The number of hydrogen-bond donors (Lipinski definition) is 1. The van der Waals surface area contributed by atoms with Crippen LogP contribution in [0.5, 0.6) is 5.75 Å². The Hall–Kier alpha value is -3.59. The standard InChI is InChI=1S/C25H22F3N3O2S/c1-2-3-14-33-20-12-8-18(9-13-20)29-24(32)17-6-10-19(11-7-17)31-21(22-5-4-15-34-22)16-23(30-31)25(26,27)28/h4-13,15-16H,2-3,14H2,1H3,(H,29,32). The Kier molecular flexibility index (Phi) is 7.02. The molecule has 2 aromatic carbocycles. The molecule has 5 nitrogen and oxygen atoms in total. The smallest absolute Gasteiger partial charge is 0.435 e. The number of amides is 1. The van der Waals surface area contributed by atoms with Gasteiger partial charge in [-0.15, -0.1) is 11.3 Å². The number of anilines is 1. The van der Waals surface area contributed by atoms with Crippen LogP contribution in [0.3, 0.4) is 0 Å². The number of aromatic nitrogens is 2. The van der Waals surface area contributed by atoms with E-state index in [2.05, 4.69) is 17.3 Å². The van der Waals surface area contributed by atoms with Crippen LogP contribution in [0.25, 0.3) is 16.3 Å². The first-order valence-corrected chi connectivity index (χ1v) is 11.6. The molecule has 176 valence electrons. The van der Waals surface area contributed by atoms with E-state index in [1.165, 1.54) is 16.0 Å². The van der Waals surface area contributed by atoms with E-state index in [9.17, 15) is 18.0 Å². The number of benzene rings is 2. The molecule has 0 saturated heterocycles. The van der Waals surface area contributed by atoms with Crippen molar-refractivity contribution >= 4 is 22.9 Å². The van der Waals surface area contributed by atoms with Crippen molar-refractivity contribution in [1.29, 1.82) is 0 Å². The fourth-order valence-corrected chi connectivity index (χ4v) is 3.97. The molecule has 0 spiro atoms. The van der Waals surface area contributed by atoms with Crippen LogP contribution in [0.15, 0.2) is 72.1 Å². The van der Waals surface area contributed by atoms with Gasteiger partial charge in [0.1, 0.15) is 5.75 Å². The van der Waals surface area contributed by atoms with E-state index in [0.717, 1.165) is 24.7 Å². The van der Waals surface area contributed by atoms with Crippen molar-refractivity contribution in [3.05, 3.63) is 83.4 Å². The summed E-state index contributed by atoms with van der Waals surface area (Å²) in [6.07, 6.45) is -2.54. The molecule has 0 saturated carbocycles. The lowest BCUT2D eigenvalue weighted by Crippen LogP contribution is -2.12. The van der Waals surface area contributed by atoms with E-state index in [1.54, 1.807) is 66.0 Å². The summed E-state index contributed by atoms with van der Waals surface area (Å²) < 4.78 is 46.7. The van der Waals surface area contributed by atoms with Gasteiger partial charge in [-0.2, -0.15) is 18.3 Å². The minimum atomic E-state index is -4.56. The Morgan fingerprint density at radius 2 is 1.82 bits per heavy atom. The molecule has 0 bridgehead atoms. The van der Waals surface area contributed by atoms with Crippen LogP contribution in [0.4, 0.5) is 18.9 Å². The average molecular weight is 486 g/mol. The van der Waals surface area contributed by atoms with Gasteiger partial charge in [-0.3, -0.25) is 4.79 Å². The Labute approximate surface area is 198 Å². The molecule has 0 radical (unpaired) electrons. The molecule has 4 aromatic rings. The van der Waals surface area contributed by atoms with Gasteiger partial charge in [-0.05, 0) is 72.5 Å². The molecule has 9 heteroatoms. The molecule has 34 heavy (non-hydrogen) atoms. The number of thiophene rings is 1. The Morgan fingerprint density at radius 3 is 2.44 bits per heavy atom. The highest BCUT2D eigenvalue weighted by Gasteiger charge is 2.35. The van der Waals surface area contributed by atoms with Crippen molar-refractivity contribution in [2.75, 3.05) is 11.9 Å². The van der Waals surface area contributed by atoms with E-state index in [1.807, 2.05) is 0 Å². The lowest BCUT2D eigenvalue weighted by atomic mass is 10.2. The molecular formula is C25H22F3N3O2S. The number of nitrogens with zero attached hydrogens (tertiary/aromatic N) is 2. The van der Waals surface area contributed by atoms with Crippen LogP contribution in [-0.2, 0) is 6.18 Å². The zero-order valence-corrected chi connectivity index (χ0v) is 19.1. The monoisotopic (exact) mass is 485 g/mol. The van der Waals surface area contributed by atoms with E-state index >= 15 is 0 Å². The highest BCUT2D eigenvalue weighted by atomic mass is 32.1. The summed E-state index contributed by atoms with van der Waals surface area (Å²) in [7, 11) is 0. The number of rotatable bonds is 8. The second kappa shape index (κ2) is 10.1. The van der Waals surface area contributed by atoms with Crippen LogP contribution in [0, 0.1) is 0 Å². The first-order chi connectivity index (χ1) is 16.3. The molecule has 0 aliphatic heterocycles. The van der Waals surface area contributed by atoms with Gasteiger partial charge in [0.15, 0.2) is 5.69 Å². The van der Waals surface area contributed by atoms with E-state index in [-0.39, 0.29) is 5.91 Å². The van der Waals surface area contributed by atoms with Gasteiger partial charge in [-0.25, -0.2) is 4.68 Å². The fourth-order valence-electron chi connectivity index (χ4n) is 3.24. The topological polar surface area (TPSA) is 56.1 Å². The number of carbonyl (C=O) groups is 1. The van der Waals surface area contributed by atoms with Gasteiger partial charge in [0.2, 0.25) is 0 Å². The molecular weight excluding hydrogens is 463 g/mol. The van der Waals surface area contributed by atoms with Crippen LogP contribution < -0.4 is 10.1 Å². The van der Waals surface area contributed by atoms with Crippen molar-refractivity contribution in [2.24, 2.45) is 0 Å². The van der Waals surface area contributed by atoms with Crippen LogP contribution in [0.2, 0.25) is 0 Å². The van der Waals surface area contributed by atoms with Gasteiger partial charge in [0, 0.05) is 11.3 Å². The second-order valence-corrected chi connectivity index (χ2v) is 8.48. The van der Waals surface area contributed by atoms with Crippen LogP contribution in [-0.4, -0.2) is 22.3 Å². The highest BCUT2D eigenvalue weighted by Crippen LogP contribution is 2.34. The molecule has 0 atom stereocenters. The van der Waals surface area contributed by atoms with Crippen LogP contribution >= 0.6 is 11.3 Å². The lowest BCUT2D eigenvalue weighted by Gasteiger charge is -2.10. The van der Waals surface area contributed by atoms with Gasteiger partial charge in [0.05, 0.1) is 22.9 Å². The van der Waals surface area contributed by atoms with Gasteiger partial charge < -0.3 is 10.1 Å². The molecule has 0 fully saturated rings. The first-order valence-electron chi connectivity index (χ1n) is 10.7. The SMILES string of the molecule is CCCCOc1ccc(NC(=O)c2ccc(-n3nc(C(F)(F)F)cc3-c3cccs3)cc2)cc1. The molecule has 2 heterocycles. The maximum absolute atomic E-state index is 13.3. The Balaban J connectivity index is 1.50. The molecule has 0 unspecified atom stereocenters. The number of ether oxygens (including phenoxy) is 1. The van der Waals surface area contributed by atoms with Crippen LogP contribution in [0.1, 0.15) is 35.8 Å². The predicted molar refractivity (Wildman–Crippen MR) is 127 cm³/mol. The van der Waals surface area contributed by atoms with Gasteiger partial charge in [-0.1, -0.05) is 19.4 Å². The second-order valence-electron chi connectivity index (χ2n) is 7.53. The number of alkyl halides is 3. The molecule has 1 N–H and O–H groups in total. The third kappa shape index (κ3) is 5.48. The average Bonchev–Trinajstić information content (AvgIpc) is 3.50. The lowest BCUT2D eigenvalue weighted by molar-refractivity contribution is -0.141. The third-order valence-electron chi connectivity index (χ3n) is 5.03.